The zero-order chi connectivity index (χ0) is 29.0. The van der Waals surface area contributed by atoms with Gasteiger partial charge >= 0.3 is 18.3 Å². The number of rotatable bonds is 5. The largest absolute Gasteiger partial charge is 0.514 e. The molecule has 0 N–H and O–H groups in total. The van der Waals surface area contributed by atoms with Gasteiger partial charge in [0.2, 0.25) is 0 Å². The minimum Gasteiger partial charge on any atom is -0.443 e. The van der Waals surface area contributed by atoms with E-state index in [-0.39, 0.29) is 17.3 Å². The fourth-order valence-corrected chi connectivity index (χ4v) is 3.35. The predicted molar refractivity (Wildman–Crippen MR) is 138 cm³/mol. The third-order valence-electron chi connectivity index (χ3n) is 4.93. The van der Waals surface area contributed by atoms with Gasteiger partial charge in [-0.05, 0) is 78.2 Å². The Morgan fingerprint density at radius 2 is 1.54 bits per heavy atom. The summed E-state index contributed by atoms with van der Waals surface area (Å²) in [6, 6.07) is 5.02. The van der Waals surface area contributed by atoms with Crippen molar-refractivity contribution in [1.29, 1.82) is 0 Å². The van der Waals surface area contributed by atoms with Crippen LogP contribution in [0.5, 0.6) is 5.75 Å². The lowest BCUT2D eigenvalue weighted by Crippen LogP contribution is -2.44. The smallest absolute Gasteiger partial charge is 0.443 e. The van der Waals surface area contributed by atoms with E-state index < -0.39 is 40.6 Å². The van der Waals surface area contributed by atoms with Crippen LogP contribution in [0.2, 0.25) is 0 Å². The van der Waals surface area contributed by atoms with Gasteiger partial charge in [0, 0.05) is 12.1 Å². The van der Waals surface area contributed by atoms with E-state index in [1.807, 2.05) is 0 Å². The Bertz CT molecular complexity index is 1230. The zero-order valence-corrected chi connectivity index (χ0v) is 22.5. The first-order valence-electron chi connectivity index (χ1n) is 12.0. The third kappa shape index (κ3) is 8.48. The average molecular weight is 543 g/mol. The lowest BCUT2D eigenvalue weighted by molar-refractivity contribution is -0.384. The minimum absolute atomic E-state index is 0.0830. The molecule has 0 fully saturated rings. The van der Waals surface area contributed by atoms with Gasteiger partial charge in [0.05, 0.1) is 23.0 Å². The van der Waals surface area contributed by atoms with Crippen molar-refractivity contribution < 1.29 is 38.3 Å². The molecule has 0 aliphatic heterocycles. The lowest BCUT2D eigenvalue weighted by Gasteiger charge is -2.27. The van der Waals surface area contributed by atoms with E-state index in [9.17, 15) is 24.5 Å². The first-order chi connectivity index (χ1) is 18.1. The van der Waals surface area contributed by atoms with Crippen molar-refractivity contribution >= 4 is 35.4 Å². The maximum absolute atomic E-state index is 12.8. The van der Waals surface area contributed by atoms with Gasteiger partial charge in [-0.3, -0.25) is 15.1 Å². The molecule has 0 saturated heterocycles. The van der Waals surface area contributed by atoms with E-state index in [1.165, 1.54) is 36.7 Å². The summed E-state index contributed by atoms with van der Waals surface area (Å²) in [5, 5.41) is 10.7. The van der Waals surface area contributed by atoms with Gasteiger partial charge in [0.15, 0.2) is 5.82 Å². The van der Waals surface area contributed by atoms with Gasteiger partial charge in [-0.1, -0.05) is 0 Å². The molecule has 0 saturated carbocycles. The molecule has 0 spiro atoms. The average Bonchev–Trinajstić information content (AvgIpc) is 3.26. The summed E-state index contributed by atoms with van der Waals surface area (Å²) in [6.07, 6.45) is 1.85. The van der Waals surface area contributed by atoms with Crippen LogP contribution in [0.1, 0.15) is 60.1 Å². The van der Waals surface area contributed by atoms with Crippen LogP contribution in [0.4, 0.5) is 25.9 Å². The van der Waals surface area contributed by atoms with E-state index in [4.69, 9.17) is 18.9 Å². The van der Waals surface area contributed by atoms with Crippen LogP contribution in [-0.4, -0.2) is 50.5 Å². The Morgan fingerprint density at radius 1 is 0.949 bits per heavy atom. The van der Waals surface area contributed by atoms with Crippen LogP contribution in [0.3, 0.4) is 0 Å². The number of amides is 2. The Labute approximate surface area is 224 Å². The van der Waals surface area contributed by atoms with Gasteiger partial charge in [0.1, 0.15) is 23.1 Å². The van der Waals surface area contributed by atoms with Crippen LogP contribution in [0.25, 0.3) is 5.57 Å². The maximum Gasteiger partial charge on any atom is 0.514 e. The summed E-state index contributed by atoms with van der Waals surface area (Å²) < 4.78 is 21.1. The van der Waals surface area contributed by atoms with Crippen molar-refractivity contribution in [3.05, 3.63) is 58.5 Å². The molecule has 13 heteroatoms. The Kier molecular flexibility index (Phi) is 8.52. The first kappa shape index (κ1) is 29.0. The number of ether oxygens (including phenoxy) is 4. The molecule has 208 valence electrons. The number of carbonyl (C=O) groups excluding carboxylic acids is 3. The Hall–Kier alpha value is -4.55. The third-order valence-corrected chi connectivity index (χ3v) is 4.93. The van der Waals surface area contributed by atoms with E-state index in [0.717, 1.165) is 5.57 Å². The number of allylic oxidation sites excluding steroid dienone is 1. The molecule has 1 aromatic carbocycles. The Morgan fingerprint density at radius 3 is 2.03 bits per heavy atom. The van der Waals surface area contributed by atoms with Gasteiger partial charge < -0.3 is 18.9 Å². The molecule has 1 heterocycles. The monoisotopic (exact) mass is 542 g/mol. The molecule has 1 atom stereocenters. The van der Waals surface area contributed by atoms with Crippen LogP contribution in [0.15, 0.2) is 42.7 Å². The second-order valence-electron chi connectivity index (χ2n) is 10.5. The normalized spacial score (nSPS) is 15.1. The van der Waals surface area contributed by atoms with Crippen LogP contribution in [0, 0.1) is 10.1 Å². The number of aromatic nitrogens is 2. The van der Waals surface area contributed by atoms with Crippen molar-refractivity contribution in [3.63, 3.8) is 0 Å². The van der Waals surface area contributed by atoms with Crippen molar-refractivity contribution in [3.8, 4) is 5.75 Å². The number of nitro groups is 1. The highest BCUT2D eigenvalue weighted by atomic mass is 16.7. The van der Waals surface area contributed by atoms with Crippen LogP contribution < -0.4 is 9.64 Å². The SMILES string of the molecule is CC(C)(C)OC(=O)N(C(=O)OC(C)(C)C)c1cnc(C2=CC(OC(=O)Oc3ccc([N+](=O)[O-])cc3)CC2)cn1. The molecule has 2 aromatic rings. The highest BCUT2D eigenvalue weighted by Crippen LogP contribution is 2.29. The molecule has 1 aliphatic rings. The second kappa shape index (κ2) is 11.5. The molecule has 13 nitrogen and oxygen atoms in total. The molecule has 1 aromatic heterocycles. The molecule has 1 aliphatic carbocycles. The summed E-state index contributed by atoms with van der Waals surface area (Å²) in [6.45, 7) is 10.00. The summed E-state index contributed by atoms with van der Waals surface area (Å²) >= 11 is 0. The lowest BCUT2D eigenvalue weighted by atomic mass is 10.2. The number of non-ortho nitro benzene ring substituents is 1. The number of anilines is 1. The van der Waals surface area contributed by atoms with Crippen LogP contribution in [-0.2, 0) is 14.2 Å². The quantitative estimate of drug-likeness (QED) is 0.147. The maximum atomic E-state index is 12.8. The van der Waals surface area contributed by atoms with Gasteiger partial charge in [-0.25, -0.2) is 19.4 Å². The highest BCUT2D eigenvalue weighted by Gasteiger charge is 2.34. The summed E-state index contributed by atoms with van der Waals surface area (Å²) in [4.78, 5) is 57.1. The van der Waals surface area contributed by atoms with E-state index in [0.29, 0.717) is 23.4 Å². The molecule has 0 radical (unpaired) electrons. The zero-order valence-electron chi connectivity index (χ0n) is 22.5. The number of nitro benzene ring substituents is 1. The van der Waals surface area contributed by atoms with Crippen molar-refractivity contribution in [1.82, 2.24) is 9.97 Å². The summed E-state index contributed by atoms with van der Waals surface area (Å²) in [5.74, 6) is 0.0223. The summed E-state index contributed by atoms with van der Waals surface area (Å²) in [5.41, 5.74) is -0.668. The van der Waals surface area contributed by atoms with Gasteiger partial charge in [-0.2, -0.15) is 4.90 Å². The van der Waals surface area contributed by atoms with Crippen molar-refractivity contribution in [2.24, 2.45) is 0 Å². The number of nitrogens with zero attached hydrogens (tertiary/aromatic N) is 4. The molecule has 0 bridgehead atoms. The fourth-order valence-electron chi connectivity index (χ4n) is 3.35. The molecular weight excluding hydrogens is 512 g/mol. The van der Waals surface area contributed by atoms with Crippen molar-refractivity contribution in [2.75, 3.05) is 4.90 Å². The fraction of sp³-hybridized carbons (Fsp3) is 0.423. The van der Waals surface area contributed by atoms with E-state index in [1.54, 1.807) is 47.6 Å². The number of imide groups is 1. The van der Waals surface area contributed by atoms with Crippen molar-refractivity contribution in [2.45, 2.75) is 71.7 Å². The molecule has 1 unspecified atom stereocenters. The van der Waals surface area contributed by atoms with E-state index in [2.05, 4.69) is 9.97 Å². The molecule has 3 rings (SSSR count). The first-order valence-corrected chi connectivity index (χ1v) is 12.0. The van der Waals surface area contributed by atoms with Gasteiger partial charge in [0.25, 0.3) is 5.69 Å². The molecule has 2 amide bonds. The standard InChI is InChI=1S/C26H30N4O9/c1-25(2,3)38-22(31)29(23(32)39-26(4,5)6)21-15-27-20(14-28-21)16-7-10-19(13-16)37-24(33)36-18-11-8-17(9-12-18)30(34)35/h8-9,11-15,19H,7,10H2,1-6H3. The van der Waals surface area contributed by atoms with Gasteiger partial charge in [-0.15, -0.1) is 0 Å². The molecular formula is C26H30N4O9. The number of hydrogen-bond donors (Lipinski definition) is 0. The van der Waals surface area contributed by atoms with Crippen LogP contribution >= 0.6 is 0 Å². The number of carbonyl (C=O) groups is 3. The number of hydrogen-bond acceptors (Lipinski definition) is 11. The topological polar surface area (TPSA) is 160 Å². The molecule has 39 heavy (non-hydrogen) atoms. The Balaban J connectivity index is 1.69. The number of benzene rings is 1. The van der Waals surface area contributed by atoms with E-state index >= 15 is 0 Å². The summed E-state index contributed by atoms with van der Waals surface area (Å²) in [7, 11) is 0. The predicted octanol–water partition coefficient (Wildman–Crippen LogP) is 5.82. The minimum atomic E-state index is -0.960. The second-order valence-corrected chi connectivity index (χ2v) is 10.5. The highest BCUT2D eigenvalue weighted by molar-refractivity contribution is 6.08.